The van der Waals surface area contributed by atoms with E-state index in [0.29, 0.717) is 32.1 Å². The Morgan fingerprint density at radius 3 is 1.92 bits per heavy atom. The maximum absolute atomic E-state index is 15.4. The first-order valence-corrected chi connectivity index (χ1v) is 29.7. The summed E-state index contributed by atoms with van der Waals surface area (Å²) in [6, 6.07) is 0. The molecule has 4 saturated carbocycles. The second kappa shape index (κ2) is 23.5. The zero-order valence-electron chi connectivity index (χ0n) is 48.6. The van der Waals surface area contributed by atoms with E-state index in [0.717, 1.165) is 5.57 Å². The van der Waals surface area contributed by atoms with Crippen LogP contribution in [0.25, 0.3) is 0 Å². The van der Waals surface area contributed by atoms with Crippen LogP contribution >= 0.6 is 0 Å². The molecule has 5 saturated heterocycles. The Balaban J connectivity index is 0.858. The van der Waals surface area contributed by atoms with Crippen LogP contribution < -0.4 is 0 Å². The number of esters is 1. The summed E-state index contributed by atoms with van der Waals surface area (Å²) in [7, 11) is 0. The largest absolute Gasteiger partial charge is 0.432 e. The highest BCUT2D eigenvalue weighted by Crippen LogP contribution is 2.76. The molecular weight excluding hydrogens is 1120 g/mol. The van der Waals surface area contributed by atoms with Crippen LogP contribution in [0, 0.1) is 50.2 Å². The van der Waals surface area contributed by atoms with E-state index in [9.17, 15) is 81.7 Å². The van der Waals surface area contributed by atoms with Gasteiger partial charge in [-0.2, -0.15) is 0 Å². The van der Waals surface area contributed by atoms with Gasteiger partial charge in [0.15, 0.2) is 31.3 Å². The minimum absolute atomic E-state index is 0.124. The van der Waals surface area contributed by atoms with Gasteiger partial charge in [0.25, 0.3) is 0 Å². The number of hydrogen-bond acceptors (Lipinski definition) is 27. The lowest BCUT2D eigenvalue weighted by Gasteiger charge is -2.72. The number of allylic oxidation sites excluding steroid dienone is 2. The van der Waals surface area contributed by atoms with Crippen molar-refractivity contribution in [3.05, 3.63) is 11.6 Å². The second-order valence-corrected chi connectivity index (χ2v) is 28.0. The van der Waals surface area contributed by atoms with Crippen molar-refractivity contribution >= 4 is 5.97 Å². The number of fused-ring (bicyclic) bond motifs is 7. The molecule has 16 N–H and O–H groups in total. The molecule has 10 aliphatic rings. The van der Waals surface area contributed by atoms with Crippen molar-refractivity contribution in [3.8, 4) is 0 Å². The molecule has 5 aliphatic heterocycles. The summed E-state index contributed by atoms with van der Waals surface area (Å²) < 4.78 is 58.6. The van der Waals surface area contributed by atoms with Gasteiger partial charge in [-0.15, -0.1) is 0 Å². The maximum atomic E-state index is 15.4. The molecule has 27 heteroatoms. The van der Waals surface area contributed by atoms with Gasteiger partial charge in [0, 0.05) is 5.41 Å². The van der Waals surface area contributed by atoms with Gasteiger partial charge in [-0.25, -0.2) is 0 Å². The van der Waals surface area contributed by atoms with Crippen LogP contribution in [0.2, 0.25) is 0 Å². The van der Waals surface area contributed by atoms with Crippen molar-refractivity contribution in [1.29, 1.82) is 0 Å². The third-order valence-corrected chi connectivity index (χ3v) is 22.6. The van der Waals surface area contributed by atoms with Gasteiger partial charge in [0.1, 0.15) is 90.4 Å². The van der Waals surface area contributed by atoms with Crippen molar-refractivity contribution in [2.45, 2.75) is 247 Å². The normalized spacial score (nSPS) is 55.6. The fourth-order valence-corrected chi connectivity index (χ4v) is 17.4. The highest BCUT2D eigenvalue weighted by Gasteiger charge is 2.73. The summed E-state index contributed by atoms with van der Waals surface area (Å²) >= 11 is 0. The third-order valence-electron chi connectivity index (χ3n) is 22.6. The molecule has 32 atom stereocenters. The van der Waals surface area contributed by atoms with Crippen LogP contribution in [-0.4, -0.2) is 274 Å². The van der Waals surface area contributed by atoms with Gasteiger partial charge in [-0.3, -0.25) is 4.79 Å². The molecule has 0 aromatic heterocycles. The van der Waals surface area contributed by atoms with Crippen molar-refractivity contribution in [2.24, 2.45) is 50.2 Å². The molecule has 0 aromatic rings. The molecule has 10 rings (SSSR count). The van der Waals surface area contributed by atoms with E-state index in [4.69, 9.17) is 47.4 Å². The molecule has 482 valence electrons. The summed E-state index contributed by atoms with van der Waals surface area (Å²) in [6.45, 7) is 10.4. The molecule has 0 radical (unpaired) electrons. The zero-order chi connectivity index (χ0) is 61.3. The number of ether oxygens (including phenoxy) is 10. The van der Waals surface area contributed by atoms with Crippen LogP contribution in [0.3, 0.4) is 0 Å². The van der Waals surface area contributed by atoms with E-state index in [1.54, 1.807) is 0 Å². The van der Waals surface area contributed by atoms with E-state index in [2.05, 4.69) is 40.7 Å². The average molecular weight is 1210 g/mol. The van der Waals surface area contributed by atoms with E-state index >= 15 is 4.79 Å². The number of carbonyl (C=O) groups excluding carboxylic acids is 1. The van der Waals surface area contributed by atoms with Crippen molar-refractivity contribution in [3.63, 3.8) is 0 Å². The van der Waals surface area contributed by atoms with Crippen LogP contribution in [0.5, 0.6) is 0 Å². The highest BCUT2D eigenvalue weighted by molar-refractivity contribution is 5.80. The van der Waals surface area contributed by atoms with Crippen LogP contribution in [0.1, 0.15) is 99.8 Å². The molecule has 9 fully saturated rings. The van der Waals surface area contributed by atoms with Crippen molar-refractivity contribution in [1.82, 2.24) is 0 Å². The lowest BCUT2D eigenvalue weighted by molar-refractivity contribution is -0.372. The number of aliphatic hydroxyl groups excluding tert-OH is 15. The molecule has 0 spiro atoms. The summed E-state index contributed by atoms with van der Waals surface area (Å²) in [4.78, 5) is 15.4. The second-order valence-electron chi connectivity index (χ2n) is 28.0. The monoisotopic (exact) mass is 1210 g/mol. The van der Waals surface area contributed by atoms with Gasteiger partial charge >= 0.3 is 5.97 Å². The first-order valence-electron chi connectivity index (χ1n) is 29.7. The van der Waals surface area contributed by atoms with E-state index < -0.39 is 226 Å². The van der Waals surface area contributed by atoms with Crippen molar-refractivity contribution in [2.75, 3.05) is 39.6 Å². The summed E-state index contributed by atoms with van der Waals surface area (Å²) in [5.41, 5.74) is -6.04. The Morgan fingerprint density at radius 2 is 1.25 bits per heavy atom. The van der Waals surface area contributed by atoms with Gasteiger partial charge in [0.2, 0.25) is 6.29 Å². The molecule has 0 amide bonds. The Hall–Kier alpha value is -1.79. The lowest BCUT2D eigenvalue weighted by Crippen LogP contribution is -2.70. The van der Waals surface area contributed by atoms with E-state index in [1.807, 2.05) is 6.92 Å². The number of aliphatic hydroxyl groups is 16. The smallest absolute Gasteiger partial charge is 0.317 e. The maximum Gasteiger partial charge on any atom is 0.317 e. The zero-order valence-corrected chi connectivity index (χ0v) is 48.6. The van der Waals surface area contributed by atoms with Crippen LogP contribution in [0.4, 0.5) is 0 Å². The Morgan fingerprint density at radius 1 is 0.607 bits per heavy atom. The molecule has 5 heterocycles. The highest BCUT2D eigenvalue weighted by atomic mass is 16.8. The lowest BCUT2D eigenvalue weighted by atomic mass is 9.33. The molecule has 2 unspecified atom stereocenters. The molecule has 84 heavy (non-hydrogen) atoms. The predicted molar refractivity (Wildman–Crippen MR) is 280 cm³/mol. The van der Waals surface area contributed by atoms with Gasteiger partial charge < -0.3 is 129 Å². The number of hydrogen-bond donors (Lipinski definition) is 16. The van der Waals surface area contributed by atoms with Gasteiger partial charge in [-0.1, -0.05) is 53.2 Å². The summed E-state index contributed by atoms with van der Waals surface area (Å²) in [6.07, 6.45) is -31.2. The molecular formula is C57H92O27. The quantitative estimate of drug-likeness (QED) is 0.0471. The summed E-state index contributed by atoms with van der Waals surface area (Å²) in [5.74, 6) is -1.84. The first-order chi connectivity index (χ1) is 39.3. The summed E-state index contributed by atoms with van der Waals surface area (Å²) in [5, 5.41) is 176. The molecule has 5 aliphatic carbocycles. The standard InChI is InChI=1S/C57H92O27/c1-23-40(80-45-39(71)41(28(63)19-75-45)81-49-43(72)56(74,21-60)22-77-49)36(68)38(70)46(78-23)82-42-33(65)27(62)18-76-48(42)84-50(73)57-13-12-51(2,3)14-25(57)24-8-9-31-52(4)15-26(61)44(83-47-37(69)35(67)34(66)29(17-58)79-47)53(5,20-59)30(52)10-11-54(31,6)55(24,7)16-32(57)64/h8,23,25-49,58-72,74H,9-22H2,1-7H3/t23-,25-,26-,27-,28+,29+,30+,31+,32+,33-,34+,35-,36-,37+,38?,39+,40-,41-,42+,43-,44-,45-,46-,47-,48-,49-,52-,53?,54+,55+,56+,57+/m0/s1. The Kier molecular flexibility index (Phi) is 18.2. The first kappa shape index (κ1) is 65.2. The fourth-order valence-electron chi connectivity index (χ4n) is 17.4. The minimum atomic E-state index is -2.07. The predicted octanol–water partition coefficient (Wildman–Crippen LogP) is -4.35. The molecule has 27 nitrogen and oxygen atoms in total. The van der Waals surface area contributed by atoms with Gasteiger partial charge in [0.05, 0.1) is 64.1 Å². The van der Waals surface area contributed by atoms with Gasteiger partial charge in [-0.05, 0) is 97.7 Å². The third kappa shape index (κ3) is 10.4. The van der Waals surface area contributed by atoms with E-state index in [1.165, 1.54) is 6.92 Å². The Labute approximate surface area is 486 Å². The topological polar surface area (TPSA) is 433 Å². The average Bonchev–Trinajstić information content (AvgIpc) is 1.12. The Bertz CT molecular complexity index is 2370. The number of carbonyl (C=O) groups is 1. The fraction of sp³-hybridized carbons (Fsp3) is 0.947. The molecule has 0 aromatic carbocycles. The molecule has 0 bridgehead atoms. The van der Waals surface area contributed by atoms with Crippen LogP contribution in [-0.2, 0) is 52.2 Å². The number of rotatable bonds is 13. The minimum Gasteiger partial charge on any atom is -0.432 e. The van der Waals surface area contributed by atoms with Crippen LogP contribution in [0.15, 0.2) is 11.6 Å². The van der Waals surface area contributed by atoms with E-state index in [-0.39, 0.29) is 36.5 Å². The van der Waals surface area contributed by atoms with Crippen molar-refractivity contribution < 1.29 is 134 Å². The SMILES string of the molecule is C[C@@H]1O[C@@H](O[C@H]2[C@H](OC(=O)[C@]34CCC(C)(C)C[C@H]3C3=CC[C@@H]5[C@@]6(C)C[C@H](O)[C@H](O[C@@H]7O[C@H](CO)[C@@H](O)[C@H](O)[C@H]7O)C(C)(CO)[C@@H]6CC[C@@]5(C)[C@]3(C)C[C@H]4O)OC[C@H](O)[C@@H]2O)C(O)[C@H](O)[C@H]1O[C@@H]1OC[C@@H](O)[C@H](O[C@@H]2OC[C@](O)(CO)[C@H]2O)[C@H]1O.